The molecule has 0 fully saturated rings. The van der Waals surface area contributed by atoms with E-state index < -0.39 is 39.4 Å². The minimum atomic E-state index is -3.75. The van der Waals surface area contributed by atoms with Gasteiger partial charge in [0.05, 0.1) is 18.5 Å². The van der Waals surface area contributed by atoms with Gasteiger partial charge in [0.1, 0.15) is 23.1 Å². The molecule has 0 aliphatic carbocycles. The monoisotopic (exact) mass is 402 g/mol. The van der Waals surface area contributed by atoms with Crippen molar-refractivity contribution in [3.8, 4) is 5.75 Å². The number of hydrogen-bond acceptors (Lipinski definition) is 4. The number of sulfonamides is 1. The van der Waals surface area contributed by atoms with Crippen molar-refractivity contribution < 1.29 is 26.7 Å². The number of amides is 1. The van der Waals surface area contributed by atoms with Crippen molar-refractivity contribution in [3.05, 3.63) is 53.1 Å². The van der Waals surface area contributed by atoms with Crippen LogP contribution in [0.15, 0.2) is 36.4 Å². The number of carbonyl (C=O) groups excluding carboxylic acids is 1. The van der Waals surface area contributed by atoms with Gasteiger partial charge in [-0.05, 0) is 30.3 Å². The third kappa shape index (κ3) is 3.58. The Hall–Kier alpha value is -2.39. The van der Waals surface area contributed by atoms with Crippen LogP contribution in [-0.2, 0) is 14.8 Å². The topological polar surface area (TPSA) is 75.7 Å². The molecule has 1 aliphatic rings. The lowest BCUT2D eigenvalue weighted by atomic mass is 10.2. The molecule has 0 saturated carbocycles. The van der Waals surface area contributed by atoms with Crippen LogP contribution >= 0.6 is 11.6 Å². The number of anilines is 2. The fraction of sp³-hybridized carbons (Fsp3) is 0.188. The molecule has 1 N–H and O–H groups in total. The van der Waals surface area contributed by atoms with Crippen LogP contribution < -0.4 is 14.4 Å². The number of benzene rings is 2. The molecule has 138 valence electrons. The first kappa shape index (κ1) is 18.4. The number of hydrogen-bond donors (Lipinski definition) is 1. The molecule has 0 bridgehead atoms. The molecular formula is C16H13ClF2N2O4S. The van der Waals surface area contributed by atoms with Crippen LogP contribution in [0.3, 0.4) is 0 Å². The molecule has 1 amide bonds. The molecule has 0 aromatic heterocycles. The van der Waals surface area contributed by atoms with Gasteiger partial charge in [0, 0.05) is 5.02 Å². The minimum absolute atomic E-state index is 0.111. The first-order valence-electron chi connectivity index (χ1n) is 7.35. The average Bonchev–Trinajstić information content (AvgIpc) is 2.56. The quantitative estimate of drug-likeness (QED) is 0.856. The first-order valence-corrected chi connectivity index (χ1v) is 9.58. The van der Waals surface area contributed by atoms with E-state index in [9.17, 15) is 22.0 Å². The van der Waals surface area contributed by atoms with Crippen LogP contribution in [0.5, 0.6) is 5.75 Å². The van der Waals surface area contributed by atoms with E-state index >= 15 is 0 Å². The maximum atomic E-state index is 13.7. The Bertz CT molecular complexity index is 964. The normalized spacial score (nSPS) is 16.6. The first-order chi connectivity index (χ1) is 12.2. The van der Waals surface area contributed by atoms with E-state index in [-0.39, 0.29) is 23.0 Å². The Kier molecular flexibility index (Phi) is 4.76. The van der Waals surface area contributed by atoms with E-state index in [1.54, 1.807) is 0 Å². The SMILES string of the molecule is CS(=O)(=O)N1CC(C(=O)Nc2c(F)cccc2F)Oc2ccc(Cl)cc21. The Labute approximate surface area is 153 Å². The zero-order chi connectivity index (χ0) is 19.1. The van der Waals surface area contributed by atoms with Crippen LogP contribution in [0.1, 0.15) is 0 Å². The Morgan fingerprint density at radius 1 is 1.27 bits per heavy atom. The zero-order valence-electron chi connectivity index (χ0n) is 13.4. The molecule has 0 radical (unpaired) electrons. The van der Waals surface area contributed by atoms with Crippen LogP contribution in [-0.4, -0.2) is 33.2 Å². The summed E-state index contributed by atoms with van der Waals surface area (Å²) >= 11 is 5.89. The van der Waals surface area contributed by atoms with Gasteiger partial charge in [0.2, 0.25) is 10.0 Å². The van der Waals surface area contributed by atoms with Gasteiger partial charge in [0.15, 0.2) is 6.10 Å². The zero-order valence-corrected chi connectivity index (χ0v) is 14.9. The second kappa shape index (κ2) is 6.73. The van der Waals surface area contributed by atoms with Crippen molar-refractivity contribution in [2.24, 2.45) is 0 Å². The molecule has 3 rings (SSSR count). The number of halogens is 3. The number of rotatable bonds is 3. The standard InChI is InChI=1S/C16H13ClF2N2O4S/c1-26(23,24)21-8-14(25-13-6-5-9(17)7-12(13)21)16(22)20-15-10(18)3-2-4-11(15)19/h2-7,14H,8H2,1H3,(H,20,22). The van der Waals surface area contributed by atoms with Gasteiger partial charge in [-0.1, -0.05) is 17.7 Å². The van der Waals surface area contributed by atoms with Gasteiger partial charge in [-0.3, -0.25) is 9.10 Å². The molecular weight excluding hydrogens is 390 g/mol. The van der Waals surface area contributed by atoms with Crippen molar-refractivity contribution in [1.29, 1.82) is 0 Å². The van der Waals surface area contributed by atoms with Crippen LogP contribution in [0.2, 0.25) is 5.02 Å². The molecule has 0 spiro atoms. The van der Waals surface area contributed by atoms with Crippen molar-refractivity contribution in [2.45, 2.75) is 6.10 Å². The fourth-order valence-corrected chi connectivity index (χ4v) is 3.57. The van der Waals surface area contributed by atoms with E-state index in [4.69, 9.17) is 16.3 Å². The summed E-state index contributed by atoms with van der Waals surface area (Å²) in [6.45, 7) is -0.367. The van der Waals surface area contributed by atoms with Crippen molar-refractivity contribution in [1.82, 2.24) is 0 Å². The maximum absolute atomic E-state index is 13.7. The molecule has 1 atom stereocenters. The molecule has 10 heteroatoms. The highest BCUT2D eigenvalue weighted by Crippen LogP contribution is 2.37. The smallest absolute Gasteiger partial charge is 0.267 e. The number of fused-ring (bicyclic) bond motifs is 1. The van der Waals surface area contributed by atoms with E-state index in [1.165, 1.54) is 18.2 Å². The largest absolute Gasteiger partial charge is 0.476 e. The van der Waals surface area contributed by atoms with Gasteiger partial charge in [-0.25, -0.2) is 17.2 Å². The summed E-state index contributed by atoms with van der Waals surface area (Å²) < 4.78 is 58.0. The van der Waals surface area contributed by atoms with Gasteiger partial charge in [-0.2, -0.15) is 0 Å². The second-order valence-electron chi connectivity index (χ2n) is 5.60. The van der Waals surface area contributed by atoms with E-state index in [1.807, 2.05) is 0 Å². The number of para-hydroxylation sites is 1. The number of nitrogens with one attached hydrogen (secondary N) is 1. The molecule has 1 aliphatic heterocycles. The summed E-state index contributed by atoms with van der Waals surface area (Å²) in [6.07, 6.45) is -0.341. The maximum Gasteiger partial charge on any atom is 0.267 e. The minimum Gasteiger partial charge on any atom is -0.476 e. The molecule has 26 heavy (non-hydrogen) atoms. The Morgan fingerprint density at radius 3 is 2.54 bits per heavy atom. The average molecular weight is 403 g/mol. The molecule has 1 unspecified atom stereocenters. The Balaban J connectivity index is 1.92. The second-order valence-corrected chi connectivity index (χ2v) is 7.94. The summed E-state index contributed by atoms with van der Waals surface area (Å²) in [5.41, 5.74) is -0.449. The third-order valence-electron chi connectivity index (χ3n) is 3.69. The molecule has 2 aromatic rings. The lowest BCUT2D eigenvalue weighted by Gasteiger charge is -2.34. The predicted molar refractivity (Wildman–Crippen MR) is 93.0 cm³/mol. The lowest BCUT2D eigenvalue weighted by Crippen LogP contribution is -2.48. The molecule has 6 nitrogen and oxygen atoms in total. The number of nitrogens with zero attached hydrogens (tertiary/aromatic N) is 1. The van der Waals surface area contributed by atoms with E-state index in [0.29, 0.717) is 0 Å². The summed E-state index contributed by atoms with van der Waals surface area (Å²) in [5.74, 6) is -2.69. The number of carbonyl (C=O) groups is 1. The Morgan fingerprint density at radius 2 is 1.92 bits per heavy atom. The van der Waals surface area contributed by atoms with E-state index in [0.717, 1.165) is 28.8 Å². The van der Waals surface area contributed by atoms with Gasteiger partial charge in [-0.15, -0.1) is 0 Å². The van der Waals surface area contributed by atoms with Gasteiger partial charge >= 0.3 is 0 Å². The van der Waals surface area contributed by atoms with Gasteiger partial charge in [0.25, 0.3) is 5.91 Å². The van der Waals surface area contributed by atoms with Crippen LogP contribution in [0, 0.1) is 11.6 Å². The number of ether oxygens (including phenoxy) is 1. The van der Waals surface area contributed by atoms with Gasteiger partial charge < -0.3 is 10.1 Å². The van der Waals surface area contributed by atoms with Crippen LogP contribution in [0.25, 0.3) is 0 Å². The highest BCUT2D eigenvalue weighted by molar-refractivity contribution is 7.92. The van der Waals surface area contributed by atoms with Crippen molar-refractivity contribution in [2.75, 3.05) is 22.4 Å². The predicted octanol–water partition coefficient (Wildman–Crippen LogP) is 2.78. The van der Waals surface area contributed by atoms with Crippen LogP contribution in [0.4, 0.5) is 20.2 Å². The molecule has 0 saturated heterocycles. The summed E-state index contributed by atoms with van der Waals surface area (Å²) in [4.78, 5) is 12.4. The summed E-state index contributed by atoms with van der Waals surface area (Å²) in [6, 6.07) is 7.41. The summed E-state index contributed by atoms with van der Waals surface area (Å²) in [5, 5.41) is 2.39. The lowest BCUT2D eigenvalue weighted by molar-refractivity contribution is -0.122. The molecule has 2 aromatic carbocycles. The highest BCUT2D eigenvalue weighted by Gasteiger charge is 2.35. The van der Waals surface area contributed by atoms with Crippen molar-refractivity contribution >= 4 is 38.9 Å². The highest BCUT2D eigenvalue weighted by atomic mass is 35.5. The fourth-order valence-electron chi connectivity index (χ4n) is 2.50. The van der Waals surface area contributed by atoms with Crippen molar-refractivity contribution in [3.63, 3.8) is 0 Å². The van der Waals surface area contributed by atoms with E-state index in [2.05, 4.69) is 5.32 Å². The summed E-state index contributed by atoms with van der Waals surface area (Å²) in [7, 11) is -3.75. The molecule has 1 heterocycles. The third-order valence-corrected chi connectivity index (χ3v) is 5.08.